The molecule has 5 heteroatoms. The fourth-order valence-corrected chi connectivity index (χ4v) is 3.54. The molecule has 5 nitrogen and oxygen atoms in total. The Morgan fingerprint density at radius 2 is 2.24 bits per heavy atom. The summed E-state index contributed by atoms with van der Waals surface area (Å²) in [6.07, 6.45) is 2.60. The van der Waals surface area contributed by atoms with Crippen molar-refractivity contribution in [3.8, 4) is 0 Å². The molecule has 2 heterocycles. The van der Waals surface area contributed by atoms with Crippen molar-refractivity contribution in [1.29, 1.82) is 0 Å². The Morgan fingerprint density at radius 3 is 3.05 bits per heavy atom. The number of methoxy groups -OCH3 is 1. The van der Waals surface area contributed by atoms with Crippen LogP contribution in [0.1, 0.15) is 28.8 Å². The van der Waals surface area contributed by atoms with E-state index in [-0.39, 0.29) is 5.97 Å². The predicted octanol–water partition coefficient (Wildman–Crippen LogP) is 1.34. The molecule has 3 rings (SSSR count). The molecule has 0 saturated carbocycles. The van der Waals surface area contributed by atoms with Gasteiger partial charge >= 0.3 is 5.97 Å². The number of piperazine rings is 1. The van der Waals surface area contributed by atoms with Crippen LogP contribution in [0.5, 0.6) is 0 Å². The van der Waals surface area contributed by atoms with Crippen molar-refractivity contribution in [3.05, 3.63) is 29.3 Å². The maximum atomic E-state index is 12.0. The summed E-state index contributed by atoms with van der Waals surface area (Å²) in [6.45, 7) is 5.26. The number of rotatable bonds is 3. The fraction of sp³-hybridized carbons (Fsp3) is 0.562. The lowest BCUT2D eigenvalue weighted by atomic mass is 10.0. The zero-order valence-electron chi connectivity index (χ0n) is 12.5. The highest BCUT2D eigenvalue weighted by Gasteiger charge is 2.31. The molecule has 2 saturated heterocycles. The number of ether oxygens (including phenoxy) is 1. The van der Waals surface area contributed by atoms with E-state index < -0.39 is 0 Å². The fourth-order valence-electron chi connectivity index (χ4n) is 3.54. The first-order valence-corrected chi connectivity index (χ1v) is 7.61. The minimum Gasteiger partial charge on any atom is -0.465 e. The highest BCUT2D eigenvalue weighted by Crippen LogP contribution is 2.25. The number of hydrogen-bond donors (Lipinski definition) is 1. The topological polar surface area (TPSA) is 58.8 Å². The lowest BCUT2D eigenvalue weighted by molar-refractivity contribution is 0.0596. The molecule has 1 unspecified atom stereocenters. The number of esters is 1. The Morgan fingerprint density at radius 1 is 1.38 bits per heavy atom. The van der Waals surface area contributed by atoms with Crippen molar-refractivity contribution < 1.29 is 9.53 Å². The first kappa shape index (κ1) is 14.4. The number of fused-ring (bicyclic) bond motifs is 1. The van der Waals surface area contributed by atoms with Gasteiger partial charge in [-0.1, -0.05) is 12.1 Å². The van der Waals surface area contributed by atoms with Gasteiger partial charge in [-0.3, -0.25) is 9.80 Å². The summed E-state index contributed by atoms with van der Waals surface area (Å²) < 4.78 is 4.87. The third-order valence-corrected chi connectivity index (χ3v) is 4.64. The van der Waals surface area contributed by atoms with Gasteiger partial charge in [-0.15, -0.1) is 0 Å². The quantitative estimate of drug-likeness (QED) is 0.672. The molecule has 0 bridgehead atoms. The number of benzene rings is 1. The van der Waals surface area contributed by atoms with Crippen LogP contribution in [0, 0.1) is 0 Å². The van der Waals surface area contributed by atoms with Gasteiger partial charge in [0.05, 0.1) is 12.7 Å². The first-order valence-electron chi connectivity index (χ1n) is 7.61. The molecule has 0 radical (unpaired) electrons. The van der Waals surface area contributed by atoms with Gasteiger partial charge in [-0.25, -0.2) is 4.79 Å². The summed E-state index contributed by atoms with van der Waals surface area (Å²) in [7, 11) is 1.40. The van der Waals surface area contributed by atoms with E-state index in [1.807, 2.05) is 12.1 Å². The third-order valence-electron chi connectivity index (χ3n) is 4.64. The molecule has 1 atom stereocenters. The Labute approximate surface area is 125 Å². The summed E-state index contributed by atoms with van der Waals surface area (Å²) in [5.41, 5.74) is 7.95. The lowest BCUT2D eigenvalue weighted by Gasteiger charge is -2.37. The molecule has 21 heavy (non-hydrogen) atoms. The van der Waals surface area contributed by atoms with Gasteiger partial charge in [0.15, 0.2) is 0 Å². The van der Waals surface area contributed by atoms with Gasteiger partial charge < -0.3 is 10.5 Å². The van der Waals surface area contributed by atoms with E-state index in [2.05, 4.69) is 9.80 Å². The van der Waals surface area contributed by atoms with Gasteiger partial charge in [-0.05, 0) is 31.0 Å². The number of anilines is 1. The summed E-state index contributed by atoms with van der Waals surface area (Å²) in [6, 6.07) is 6.32. The minimum absolute atomic E-state index is 0.345. The van der Waals surface area contributed by atoms with Gasteiger partial charge in [0.25, 0.3) is 0 Å². The van der Waals surface area contributed by atoms with Crippen molar-refractivity contribution in [2.45, 2.75) is 25.4 Å². The lowest BCUT2D eigenvalue weighted by Crippen LogP contribution is -2.49. The van der Waals surface area contributed by atoms with Crippen LogP contribution in [0.3, 0.4) is 0 Å². The monoisotopic (exact) mass is 289 g/mol. The summed E-state index contributed by atoms with van der Waals surface area (Å²) in [4.78, 5) is 17.0. The van der Waals surface area contributed by atoms with Crippen LogP contribution in [-0.2, 0) is 11.3 Å². The first-order chi connectivity index (χ1) is 10.2. The Kier molecular flexibility index (Phi) is 4.12. The molecular weight excluding hydrogens is 266 g/mol. The van der Waals surface area contributed by atoms with Crippen LogP contribution in [0.25, 0.3) is 0 Å². The van der Waals surface area contributed by atoms with E-state index in [0.717, 1.165) is 31.7 Å². The number of carbonyl (C=O) groups excluding carboxylic acids is 1. The summed E-state index contributed by atoms with van der Waals surface area (Å²) in [5.74, 6) is -0.345. The smallest absolute Gasteiger partial charge is 0.340 e. The Hall–Kier alpha value is -1.59. The largest absolute Gasteiger partial charge is 0.465 e. The Balaban J connectivity index is 1.75. The molecule has 2 N–H and O–H groups in total. The zero-order valence-corrected chi connectivity index (χ0v) is 12.5. The number of nitrogen functional groups attached to an aromatic ring is 1. The summed E-state index contributed by atoms with van der Waals surface area (Å²) in [5, 5.41) is 0. The highest BCUT2D eigenvalue weighted by molar-refractivity contribution is 5.96. The van der Waals surface area contributed by atoms with Gasteiger partial charge in [0, 0.05) is 37.9 Å². The number of nitrogens with two attached hydrogens (primary N) is 1. The SMILES string of the molecule is COC(=O)c1c(N)cccc1CN1CCN2CCCC2C1. The van der Waals surface area contributed by atoms with Crippen molar-refractivity contribution in [1.82, 2.24) is 9.80 Å². The van der Waals surface area contributed by atoms with E-state index in [4.69, 9.17) is 10.5 Å². The molecule has 2 aliphatic rings. The highest BCUT2D eigenvalue weighted by atomic mass is 16.5. The van der Waals surface area contributed by atoms with Crippen LogP contribution in [0.2, 0.25) is 0 Å². The molecule has 114 valence electrons. The van der Waals surface area contributed by atoms with Gasteiger partial charge in [0.2, 0.25) is 0 Å². The zero-order chi connectivity index (χ0) is 14.8. The van der Waals surface area contributed by atoms with E-state index in [9.17, 15) is 4.79 Å². The van der Waals surface area contributed by atoms with E-state index in [1.54, 1.807) is 6.07 Å². The average Bonchev–Trinajstić information content (AvgIpc) is 2.94. The van der Waals surface area contributed by atoms with Crippen molar-refractivity contribution in [2.75, 3.05) is 39.0 Å². The van der Waals surface area contributed by atoms with Crippen molar-refractivity contribution in [2.24, 2.45) is 0 Å². The molecule has 1 aromatic rings. The van der Waals surface area contributed by atoms with Gasteiger partial charge in [0.1, 0.15) is 0 Å². The van der Waals surface area contributed by atoms with Crippen LogP contribution < -0.4 is 5.73 Å². The third kappa shape index (κ3) is 2.89. The Bertz CT molecular complexity index is 532. The summed E-state index contributed by atoms with van der Waals surface area (Å²) >= 11 is 0. The molecular formula is C16H23N3O2. The number of hydrogen-bond acceptors (Lipinski definition) is 5. The van der Waals surface area contributed by atoms with Crippen molar-refractivity contribution in [3.63, 3.8) is 0 Å². The molecule has 0 spiro atoms. The second-order valence-electron chi connectivity index (χ2n) is 5.94. The van der Waals surface area contributed by atoms with E-state index in [1.165, 1.54) is 26.5 Å². The molecule has 0 aromatic heterocycles. The standard InChI is InChI=1S/C16H23N3O2/c1-21-16(20)15-12(4-2-6-14(15)17)10-18-8-9-19-7-3-5-13(19)11-18/h2,4,6,13H,3,5,7-11,17H2,1H3. The normalized spacial score (nSPS) is 23.0. The molecule has 2 fully saturated rings. The maximum absolute atomic E-state index is 12.0. The molecule has 1 aromatic carbocycles. The maximum Gasteiger partial charge on any atom is 0.340 e. The number of nitrogens with zero attached hydrogens (tertiary/aromatic N) is 2. The number of carbonyl (C=O) groups is 1. The van der Waals surface area contributed by atoms with Crippen molar-refractivity contribution >= 4 is 11.7 Å². The second kappa shape index (κ2) is 6.03. The molecule has 0 aliphatic carbocycles. The molecule has 0 amide bonds. The van der Waals surface area contributed by atoms with Crippen LogP contribution in [0.15, 0.2) is 18.2 Å². The minimum atomic E-state index is -0.345. The predicted molar refractivity (Wildman–Crippen MR) is 82.1 cm³/mol. The average molecular weight is 289 g/mol. The molecule has 2 aliphatic heterocycles. The van der Waals surface area contributed by atoms with E-state index >= 15 is 0 Å². The van der Waals surface area contributed by atoms with Crippen LogP contribution >= 0.6 is 0 Å². The van der Waals surface area contributed by atoms with Crippen LogP contribution in [-0.4, -0.2) is 55.1 Å². The van der Waals surface area contributed by atoms with E-state index in [0.29, 0.717) is 17.3 Å². The van der Waals surface area contributed by atoms with Gasteiger partial charge in [-0.2, -0.15) is 0 Å². The van der Waals surface area contributed by atoms with Crippen LogP contribution in [0.4, 0.5) is 5.69 Å². The second-order valence-corrected chi connectivity index (χ2v) is 5.94.